The topological polar surface area (TPSA) is 46.5 Å². The van der Waals surface area contributed by atoms with Crippen molar-refractivity contribution >= 4 is 5.97 Å². The highest BCUT2D eigenvalue weighted by Crippen LogP contribution is 2.37. The molecule has 0 bridgehead atoms. The lowest BCUT2D eigenvalue weighted by molar-refractivity contribution is -0.139. The van der Waals surface area contributed by atoms with Crippen molar-refractivity contribution in [3.63, 3.8) is 0 Å². The van der Waals surface area contributed by atoms with E-state index < -0.39 is 5.97 Å². The zero-order chi connectivity index (χ0) is 12.5. The fourth-order valence-electron chi connectivity index (χ4n) is 2.22. The Morgan fingerprint density at radius 1 is 1.35 bits per heavy atom. The van der Waals surface area contributed by atoms with Crippen LogP contribution in [-0.4, -0.2) is 24.3 Å². The highest BCUT2D eigenvalue weighted by Gasteiger charge is 2.40. The number of carbonyl (C=O) groups is 1. The van der Waals surface area contributed by atoms with Gasteiger partial charge >= 0.3 is 5.97 Å². The molecule has 1 saturated heterocycles. The number of hydrogen-bond acceptors (Lipinski definition) is 2. The average Bonchev–Trinajstić information content (AvgIpc) is 2.21. The molecule has 0 aliphatic carbocycles. The number of aryl methyl sites for hydroxylation is 2. The number of benzene rings is 1. The van der Waals surface area contributed by atoms with E-state index in [9.17, 15) is 4.79 Å². The second kappa shape index (κ2) is 4.49. The van der Waals surface area contributed by atoms with Crippen molar-refractivity contribution in [1.82, 2.24) is 0 Å². The maximum atomic E-state index is 10.7. The van der Waals surface area contributed by atoms with Crippen LogP contribution >= 0.6 is 0 Å². The summed E-state index contributed by atoms with van der Waals surface area (Å²) >= 11 is 0. The molecule has 0 amide bonds. The quantitative estimate of drug-likeness (QED) is 0.870. The van der Waals surface area contributed by atoms with Crippen LogP contribution in [0.5, 0.6) is 0 Å². The number of hydrogen-bond donors (Lipinski definition) is 1. The van der Waals surface area contributed by atoms with Gasteiger partial charge < -0.3 is 9.84 Å². The zero-order valence-electron chi connectivity index (χ0n) is 10.3. The molecule has 2 rings (SSSR count). The van der Waals surface area contributed by atoms with E-state index in [0.717, 1.165) is 0 Å². The number of carboxylic acid groups (broad SMARTS) is 1. The van der Waals surface area contributed by atoms with Crippen LogP contribution in [0.15, 0.2) is 18.2 Å². The Bertz CT molecular complexity index is 433. The molecule has 0 radical (unpaired) electrons. The van der Waals surface area contributed by atoms with Gasteiger partial charge in [-0.1, -0.05) is 18.2 Å². The summed E-state index contributed by atoms with van der Waals surface area (Å²) in [6.07, 6.45) is 0.862. The summed E-state index contributed by atoms with van der Waals surface area (Å²) < 4.78 is 5.30. The lowest BCUT2D eigenvalue weighted by Gasteiger charge is -2.42. The number of carboxylic acids is 1. The minimum atomic E-state index is -0.736. The Morgan fingerprint density at radius 3 is 2.53 bits per heavy atom. The number of rotatable bonds is 4. The van der Waals surface area contributed by atoms with Gasteiger partial charge in [0.05, 0.1) is 13.2 Å². The molecule has 0 aromatic heterocycles. The van der Waals surface area contributed by atoms with Gasteiger partial charge in [-0.25, -0.2) is 0 Å². The van der Waals surface area contributed by atoms with E-state index in [0.29, 0.717) is 19.6 Å². The Morgan fingerprint density at radius 2 is 2.06 bits per heavy atom. The summed E-state index contributed by atoms with van der Waals surface area (Å²) in [5.41, 5.74) is 3.66. The third-order valence-electron chi connectivity index (χ3n) is 3.69. The molecule has 17 heavy (non-hydrogen) atoms. The molecule has 1 heterocycles. The van der Waals surface area contributed by atoms with Gasteiger partial charge in [0.15, 0.2) is 0 Å². The van der Waals surface area contributed by atoms with Crippen molar-refractivity contribution in [2.75, 3.05) is 13.2 Å². The predicted molar refractivity (Wildman–Crippen MR) is 65.3 cm³/mol. The van der Waals surface area contributed by atoms with E-state index >= 15 is 0 Å². The van der Waals surface area contributed by atoms with Gasteiger partial charge in [-0.2, -0.15) is 0 Å². The van der Waals surface area contributed by atoms with Gasteiger partial charge in [-0.05, 0) is 37.0 Å². The standard InChI is InChI=1S/C14H18O3/c1-10-3-4-12(7-11(10)2)14(8-17-9-14)6-5-13(15)16/h3-4,7H,5-6,8-9H2,1-2H3,(H,15,16). The fourth-order valence-corrected chi connectivity index (χ4v) is 2.22. The van der Waals surface area contributed by atoms with E-state index in [1.807, 2.05) is 0 Å². The lowest BCUT2D eigenvalue weighted by atomic mass is 9.74. The van der Waals surface area contributed by atoms with Crippen LogP contribution in [0.3, 0.4) is 0 Å². The molecule has 0 spiro atoms. The van der Waals surface area contributed by atoms with E-state index in [1.54, 1.807) is 0 Å². The van der Waals surface area contributed by atoms with Crippen molar-refractivity contribution < 1.29 is 14.6 Å². The molecule has 0 atom stereocenters. The summed E-state index contributed by atoms with van der Waals surface area (Å²) in [5.74, 6) is -0.736. The molecule has 3 nitrogen and oxygen atoms in total. The van der Waals surface area contributed by atoms with Gasteiger partial charge in [0.2, 0.25) is 0 Å². The molecule has 3 heteroatoms. The van der Waals surface area contributed by atoms with Crippen molar-refractivity contribution in [2.45, 2.75) is 32.1 Å². The SMILES string of the molecule is Cc1ccc(C2(CCC(=O)O)COC2)cc1C. The molecule has 1 aromatic rings. The highest BCUT2D eigenvalue weighted by atomic mass is 16.5. The summed E-state index contributed by atoms with van der Waals surface area (Å²) in [6.45, 7) is 5.45. The zero-order valence-corrected chi connectivity index (χ0v) is 10.3. The molecule has 1 aliphatic heterocycles. The first-order chi connectivity index (χ1) is 8.03. The average molecular weight is 234 g/mol. The third-order valence-corrected chi connectivity index (χ3v) is 3.69. The van der Waals surface area contributed by atoms with Gasteiger partial charge in [0.1, 0.15) is 0 Å². The molecule has 1 aliphatic rings. The Hall–Kier alpha value is -1.35. The van der Waals surface area contributed by atoms with Crippen LogP contribution < -0.4 is 0 Å². The van der Waals surface area contributed by atoms with Crippen molar-refractivity contribution in [2.24, 2.45) is 0 Å². The molecule has 0 unspecified atom stereocenters. The van der Waals surface area contributed by atoms with E-state index in [1.165, 1.54) is 16.7 Å². The van der Waals surface area contributed by atoms with E-state index in [-0.39, 0.29) is 11.8 Å². The molecule has 92 valence electrons. The molecular formula is C14H18O3. The van der Waals surface area contributed by atoms with Gasteiger partial charge in [-0.3, -0.25) is 4.79 Å². The second-order valence-corrected chi connectivity index (χ2v) is 4.97. The van der Waals surface area contributed by atoms with Gasteiger partial charge in [0, 0.05) is 11.8 Å². The van der Waals surface area contributed by atoms with Crippen LogP contribution in [0.4, 0.5) is 0 Å². The highest BCUT2D eigenvalue weighted by molar-refractivity contribution is 5.67. The first kappa shape index (κ1) is 12.1. The summed E-state index contributed by atoms with van der Waals surface area (Å²) in [4.78, 5) is 10.7. The van der Waals surface area contributed by atoms with Crippen molar-refractivity contribution in [3.05, 3.63) is 34.9 Å². The summed E-state index contributed by atoms with van der Waals surface area (Å²) in [6, 6.07) is 6.37. The van der Waals surface area contributed by atoms with Crippen molar-refractivity contribution in [3.8, 4) is 0 Å². The molecule has 1 N–H and O–H groups in total. The van der Waals surface area contributed by atoms with Crippen molar-refractivity contribution in [1.29, 1.82) is 0 Å². The van der Waals surface area contributed by atoms with Crippen LogP contribution in [0.25, 0.3) is 0 Å². The third kappa shape index (κ3) is 2.34. The Kier molecular flexibility index (Phi) is 3.20. The lowest BCUT2D eigenvalue weighted by Crippen LogP contribution is -2.47. The number of ether oxygens (including phenoxy) is 1. The largest absolute Gasteiger partial charge is 0.481 e. The van der Waals surface area contributed by atoms with Crippen LogP contribution in [-0.2, 0) is 14.9 Å². The second-order valence-electron chi connectivity index (χ2n) is 4.97. The van der Waals surface area contributed by atoms with Gasteiger partial charge in [-0.15, -0.1) is 0 Å². The monoisotopic (exact) mass is 234 g/mol. The Labute approximate surface area is 101 Å². The minimum Gasteiger partial charge on any atom is -0.481 e. The van der Waals surface area contributed by atoms with E-state index in [2.05, 4.69) is 32.0 Å². The first-order valence-electron chi connectivity index (χ1n) is 5.91. The molecule has 1 aromatic carbocycles. The maximum absolute atomic E-state index is 10.7. The Balaban J connectivity index is 2.22. The fraction of sp³-hybridized carbons (Fsp3) is 0.500. The maximum Gasteiger partial charge on any atom is 0.303 e. The molecule has 1 fully saturated rings. The normalized spacial score (nSPS) is 17.5. The smallest absolute Gasteiger partial charge is 0.303 e. The molecule has 0 saturated carbocycles. The predicted octanol–water partition coefficient (Wildman–Crippen LogP) is 2.44. The van der Waals surface area contributed by atoms with E-state index in [4.69, 9.17) is 9.84 Å². The van der Waals surface area contributed by atoms with Gasteiger partial charge in [0.25, 0.3) is 0 Å². The first-order valence-corrected chi connectivity index (χ1v) is 5.91. The number of aliphatic carboxylic acids is 1. The minimum absolute atomic E-state index is 0.0726. The summed E-state index contributed by atoms with van der Waals surface area (Å²) in [7, 11) is 0. The molecular weight excluding hydrogens is 216 g/mol. The van der Waals surface area contributed by atoms with Crippen LogP contribution in [0, 0.1) is 13.8 Å². The van der Waals surface area contributed by atoms with Crippen LogP contribution in [0.1, 0.15) is 29.5 Å². The van der Waals surface area contributed by atoms with Crippen LogP contribution in [0.2, 0.25) is 0 Å². The summed E-state index contributed by atoms with van der Waals surface area (Å²) in [5, 5.41) is 8.80.